The second-order valence-corrected chi connectivity index (χ2v) is 6.07. The summed E-state index contributed by atoms with van der Waals surface area (Å²) < 4.78 is 0. The van der Waals surface area contributed by atoms with Crippen LogP contribution in [0, 0.1) is 11.8 Å². The van der Waals surface area contributed by atoms with Gasteiger partial charge in [-0.1, -0.05) is 11.6 Å². The van der Waals surface area contributed by atoms with Crippen molar-refractivity contribution in [3.8, 4) is 0 Å². The first kappa shape index (κ1) is 12.0. The molecule has 0 spiro atoms. The summed E-state index contributed by atoms with van der Waals surface area (Å²) >= 11 is 6.12. The number of nitrogens with one attached hydrogen (secondary N) is 2. The molecule has 2 aliphatic heterocycles. The van der Waals surface area contributed by atoms with Crippen molar-refractivity contribution < 1.29 is 0 Å². The van der Waals surface area contributed by atoms with Crippen LogP contribution < -0.4 is 15.8 Å². The maximum absolute atomic E-state index is 11.6. The van der Waals surface area contributed by atoms with E-state index in [-0.39, 0.29) is 16.1 Å². The molecule has 2 unspecified atom stereocenters. The van der Waals surface area contributed by atoms with Gasteiger partial charge in [-0.05, 0) is 25.7 Å². The Morgan fingerprint density at radius 1 is 1.50 bits per heavy atom. The van der Waals surface area contributed by atoms with Gasteiger partial charge in [0.15, 0.2) is 0 Å². The van der Waals surface area contributed by atoms with E-state index >= 15 is 0 Å². The minimum atomic E-state index is -0.319. The number of hydrogen-bond donors (Lipinski definition) is 2. The third kappa shape index (κ3) is 1.57. The molecular weight excluding hydrogens is 252 g/mol. The lowest BCUT2D eigenvalue weighted by Gasteiger charge is -2.37. The third-order valence-electron chi connectivity index (χ3n) is 4.43. The van der Waals surface area contributed by atoms with Crippen molar-refractivity contribution in [2.24, 2.45) is 11.8 Å². The molecule has 0 aliphatic carbocycles. The number of aromatic nitrogens is 2. The van der Waals surface area contributed by atoms with E-state index in [9.17, 15) is 4.79 Å². The molecule has 5 nitrogen and oxygen atoms in total. The van der Waals surface area contributed by atoms with Gasteiger partial charge >= 0.3 is 0 Å². The standard InChI is InChI=1S/C12H17ClN4O/c1-12(2)8-4-14-3-7(8)6-17(12)9-5-15-16-11(18)10(9)13/h5,7-8,14H,3-4,6H2,1-2H3,(H,16,18). The smallest absolute Gasteiger partial charge is 0.285 e. The summed E-state index contributed by atoms with van der Waals surface area (Å²) in [6.07, 6.45) is 1.65. The van der Waals surface area contributed by atoms with Gasteiger partial charge in [0.1, 0.15) is 5.02 Å². The van der Waals surface area contributed by atoms with Gasteiger partial charge in [-0.2, -0.15) is 5.10 Å². The average Bonchev–Trinajstić information content (AvgIpc) is 2.86. The molecular formula is C12H17ClN4O. The molecule has 2 N–H and O–H groups in total. The van der Waals surface area contributed by atoms with Crippen molar-refractivity contribution in [3.63, 3.8) is 0 Å². The number of aromatic amines is 1. The van der Waals surface area contributed by atoms with Crippen LogP contribution in [-0.4, -0.2) is 35.4 Å². The van der Waals surface area contributed by atoms with Gasteiger partial charge in [0, 0.05) is 25.2 Å². The zero-order chi connectivity index (χ0) is 12.9. The van der Waals surface area contributed by atoms with Gasteiger partial charge in [0.25, 0.3) is 5.56 Å². The van der Waals surface area contributed by atoms with Crippen LogP contribution in [0.3, 0.4) is 0 Å². The summed E-state index contributed by atoms with van der Waals surface area (Å²) in [6, 6.07) is 0. The van der Waals surface area contributed by atoms with E-state index < -0.39 is 0 Å². The molecule has 18 heavy (non-hydrogen) atoms. The summed E-state index contributed by atoms with van der Waals surface area (Å²) in [5.74, 6) is 1.21. The lowest BCUT2D eigenvalue weighted by atomic mass is 9.85. The first-order valence-corrected chi connectivity index (χ1v) is 6.61. The molecule has 2 fully saturated rings. The van der Waals surface area contributed by atoms with E-state index in [1.807, 2.05) is 0 Å². The zero-order valence-corrected chi connectivity index (χ0v) is 11.3. The monoisotopic (exact) mass is 268 g/mol. The van der Waals surface area contributed by atoms with Gasteiger partial charge in [-0.3, -0.25) is 4.79 Å². The fourth-order valence-electron chi connectivity index (χ4n) is 3.39. The maximum Gasteiger partial charge on any atom is 0.285 e. The SMILES string of the molecule is CC1(C)C2CNCC2CN1c1cn[nH]c(=O)c1Cl. The number of H-pyrrole nitrogens is 1. The lowest BCUT2D eigenvalue weighted by molar-refractivity contribution is 0.357. The van der Waals surface area contributed by atoms with Crippen LogP contribution in [0.2, 0.25) is 5.02 Å². The number of halogens is 1. The number of hydrogen-bond acceptors (Lipinski definition) is 4. The van der Waals surface area contributed by atoms with Crippen LogP contribution in [0.15, 0.2) is 11.0 Å². The Bertz CT molecular complexity index is 527. The Balaban J connectivity index is 2.03. The number of nitrogens with zero attached hydrogens (tertiary/aromatic N) is 2. The maximum atomic E-state index is 11.6. The molecule has 0 amide bonds. The number of rotatable bonds is 1. The molecule has 1 aromatic rings. The van der Waals surface area contributed by atoms with E-state index in [1.165, 1.54) is 0 Å². The van der Waals surface area contributed by atoms with Crippen molar-refractivity contribution >= 4 is 17.3 Å². The quantitative estimate of drug-likeness (QED) is 0.793. The van der Waals surface area contributed by atoms with Gasteiger partial charge in [-0.25, -0.2) is 5.10 Å². The van der Waals surface area contributed by atoms with E-state index in [0.717, 1.165) is 25.3 Å². The highest BCUT2D eigenvalue weighted by Gasteiger charge is 2.50. The molecule has 98 valence electrons. The Kier molecular flexibility index (Phi) is 2.64. The van der Waals surface area contributed by atoms with Crippen LogP contribution in [-0.2, 0) is 0 Å². The molecule has 0 aromatic carbocycles. The van der Waals surface area contributed by atoms with Gasteiger partial charge in [0.2, 0.25) is 0 Å². The van der Waals surface area contributed by atoms with E-state index in [2.05, 4.69) is 34.3 Å². The number of fused-ring (bicyclic) bond motifs is 1. The Morgan fingerprint density at radius 2 is 2.28 bits per heavy atom. The Hall–Kier alpha value is -1.07. The fraction of sp³-hybridized carbons (Fsp3) is 0.667. The van der Waals surface area contributed by atoms with Crippen LogP contribution in [0.25, 0.3) is 0 Å². The van der Waals surface area contributed by atoms with Gasteiger partial charge < -0.3 is 10.2 Å². The zero-order valence-electron chi connectivity index (χ0n) is 10.5. The summed E-state index contributed by atoms with van der Waals surface area (Å²) in [5, 5.41) is 9.91. The molecule has 3 heterocycles. The van der Waals surface area contributed by atoms with E-state index in [0.29, 0.717) is 11.8 Å². The average molecular weight is 269 g/mol. The summed E-state index contributed by atoms with van der Waals surface area (Å²) in [4.78, 5) is 13.8. The van der Waals surface area contributed by atoms with Crippen LogP contribution in [0.5, 0.6) is 0 Å². The van der Waals surface area contributed by atoms with E-state index in [4.69, 9.17) is 11.6 Å². The molecule has 0 radical (unpaired) electrons. The highest BCUT2D eigenvalue weighted by molar-refractivity contribution is 6.33. The lowest BCUT2D eigenvalue weighted by Crippen LogP contribution is -2.45. The molecule has 1 aromatic heterocycles. The molecule has 2 atom stereocenters. The normalized spacial score (nSPS) is 29.6. The second kappa shape index (κ2) is 3.96. The molecule has 3 rings (SSSR count). The molecule has 0 saturated carbocycles. The van der Waals surface area contributed by atoms with Crippen LogP contribution >= 0.6 is 11.6 Å². The fourth-order valence-corrected chi connectivity index (χ4v) is 3.59. The highest BCUT2D eigenvalue weighted by Crippen LogP contribution is 2.44. The first-order chi connectivity index (χ1) is 8.51. The Morgan fingerprint density at radius 3 is 3.00 bits per heavy atom. The second-order valence-electron chi connectivity index (χ2n) is 5.69. The van der Waals surface area contributed by atoms with E-state index in [1.54, 1.807) is 6.20 Å². The topological polar surface area (TPSA) is 61.0 Å². The molecule has 0 bridgehead atoms. The largest absolute Gasteiger partial charge is 0.363 e. The predicted octanol–water partition coefficient (Wildman–Crippen LogP) is 0.857. The number of anilines is 1. The summed E-state index contributed by atoms with van der Waals surface area (Å²) in [6.45, 7) is 7.42. The van der Waals surface area contributed by atoms with Crippen LogP contribution in [0.1, 0.15) is 13.8 Å². The van der Waals surface area contributed by atoms with Gasteiger partial charge in [0.05, 0.1) is 11.9 Å². The molecule has 2 aliphatic rings. The van der Waals surface area contributed by atoms with Gasteiger partial charge in [-0.15, -0.1) is 0 Å². The Labute approximate surface area is 111 Å². The highest BCUT2D eigenvalue weighted by atomic mass is 35.5. The van der Waals surface area contributed by atoms with Crippen molar-refractivity contribution in [3.05, 3.63) is 21.6 Å². The van der Waals surface area contributed by atoms with Crippen molar-refractivity contribution in [1.29, 1.82) is 0 Å². The predicted molar refractivity (Wildman–Crippen MR) is 71.1 cm³/mol. The minimum Gasteiger partial charge on any atom is -0.363 e. The summed E-state index contributed by atoms with van der Waals surface area (Å²) in [5.41, 5.74) is 0.424. The van der Waals surface area contributed by atoms with Crippen molar-refractivity contribution in [2.75, 3.05) is 24.5 Å². The summed E-state index contributed by atoms with van der Waals surface area (Å²) in [7, 11) is 0. The third-order valence-corrected chi connectivity index (χ3v) is 4.79. The van der Waals surface area contributed by atoms with Crippen molar-refractivity contribution in [1.82, 2.24) is 15.5 Å². The molecule has 6 heteroatoms. The minimum absolute atomic E-state index is 0.00667. The van der Waals surface area contributed by atoms with Crippen molar-refractivity contribution in [2.45, 2.75) is 19.4 Å². The first-order valence-electron chi connectivity index (χ1n) is 6.23. The molecule has 2 saturated heterocycles. The van der Waals surface area contributed by atoms with Crippen LogP contribution in [0.4, 0.5) is 5.69 Å².